The summed E-state index contributed by atoms with van der Waals surface area (Å²) in [5, 5.41) is 21.3. The van der Waals surface area contributed by atoms with Gasteiger partial charge in [0.2, 0.25) is 5.88 Å². The molecule has 160 valence electrons. The monoisotopic (exact) mass is 405 g/mol. The number of hydrazine groups is 1. The van der Waals surface area contributed by atoms with Gasteiger partial charge < -0.3 is 30.1 Å². The minimum absolute atomic E-state index is 0.191. The van der Waals surface area contributed by atoms with Crippen LogP contribution in [0.1, 0.15) is 19.4 Å². The molecule has 0 spiro atoms. The van der Waals surface area contributed by atoms with Crippen LogP contribution in [0.25, 0.3) is 0 Å². The number of hydrogen-bond acceptors (Lipinski definition) is 9. The third-order valence-electron chi connectivity index (χ3n) is 4.12. The fraction of sp³-hybridized carbons (Fsp3) is 0.500. The molecular weight excluding hydrogens is 374 g/mol. The van der Waals surface area contributed by atoms with Gasteiger partial charge in [-0.15, -0.1) is 10.2 Å². The van der Waals surface area contributed by atoms with E-state index in [2.05, 4.69) is 20.9 Å². The van der Waals surface area contributed by atoms with Gasteiger partial charge in [0.1, 0.15) is 25.1 Å². The number of anilines is 1. The Morgan fingerprint density at radius 3 is 2.69 bits per heavy atom. The van der Waals surface area contributed by atoms with Crippen LogP contribution in [0.4, 0.5) is 5.82 Å². The molecule has 0 aliphatic heterocycles. The summed E-state index contributed by atoms with van der Waals surface area (Å²) in [4.78, 5) is 0. The number of aromatic nitrogens is 2. The Labute approximate surface area is 171 Å². The summed E-state index contributed by atoms with van der Waals surface area (Å²) in [5.41, 5.74) is 3.16. The van der Waals surface area contributed by atoms with E-state index >= 15 is 0 Å². The van der Waals surface area contributed by atoms with E-state index in [1.807, 2.05) is 38.1 Å². The number of hydrogen-bond donors (Lipinski definition) is 4. The van der Waals surface area contributed by atoms with Gasteiger partial charge >= 0.3 is 0 Å². The topological polar surface area (TPSA) is 124 Å². The molecule has 9 nitrogen and oxygen atoms in total. The van der Waals surface area contributed by atoms with E-state index in [-0.39, 0.29) is 12.1 Å². The van der Waals surface area contributed by atoms with Crippen LogP contribution >= 0.6 is 0 Å². The van der Waals surface area contributed by atoms with Crippen molar-refractivity contribution < 1.29 is 19.3 Å². The molecule has 0 aliphatic carbocycles. The van der Waals surface area contributed by atoms with Crippen LogP contribution in [0, 0.1) is 0 Å². The average molecular weight is 405 g/mol. The largest absolute Gasteiger partial charge is 0.491 e. The van der Waals surface area contributed by atoms with E-state index < -0.39 is 6.10 Å². The normalized spacial score (nSPS) is 12.4. The lowest BCUT2D eigenvalue weighted by atomic mass is 10.1. The van der Waals surface area contributed by atoms with Crippen molar-refractivity contribution in [1.29, 1.82) is 0 Å². The fourth-order valence-corrected chi connectivity index (χ4v) is 2.44. The number of β-amino-alcohol motifs (C(OH)–C–C–N with tert-alkyl or cyclic N) is 1. The number of nitrogens with one attached hydrogen (secondary N) is 2. The van der Waals surface area contributed by atoms with E-state index in [4.69, 9.17) is 20.1 Å². The number of methoxy groups -OCH3 is 1. The van der Waals surface area contributed by atoms with Gasteiger partial charge in [-0.2, -0.15) is 0 Å². The highest BCUT2D eigenvalue weighted by molar-refractivity contribution is 5.32. The molecule has 29 heavy (non-hydrogen) atoms. The van der Waals surface area contributed by atoms with Crippen LogP contribution in [0.3, 0.4) is 0 Å². The maximum Gasteiger partial charge on any atom is 0.233 e. The molecule has 0 aliphatic rings. The van der Waals surface area contributed by atoms with Crippen LogP contribution < -0.4 is 26.1 Å². The van der Waals surface area contributed by atoms with Crippen LogP contribution in [0.5, 0.6) is 11.6 Å². The van der Waals surface area contributed by atoms with E-state index in [9.17, 15) is 5.11 Å². The van der Waals surface area contributed by atoms with E-state index in [0.717, 1.165) is 17.7 Å². The first-order chi connectivity index (χ1) is 13.9. The summed E-state index contributed by atoms with van der Waals surface area (Å²) in [6, 6.07) is 11.2. The van der Waals surface area contributed by atoms with Crippen LogP contribution in [-0.4, -0.2) is 60.4 Å². The molecule has 2 aromatic rings. The van der Waals surface area contributed by atoms with E-state index in [0.29, 0.717) is 31.5 Å². The van der Waals surface area contributed by atoms with Gasteiger partial charge in [-0.3, -0.25) is 0 Å². The Morgan fingerprint density at radius 1 is 1.17 bits per heavy atom. The molecule has 9 heteroatoms. The molecule has 0 fully saturated rings. The van der Waals surface area contributed by atoms with Gasteiger partial charge in [-0.1, -0.05) is 12.1 Å². The summed E-state index contributed by atoms with van der Waals surface area (Å²) in [5.74, 6) is 6.85. The van der Waals surface area contributed by atoms with E-state index in [1.54, 1.807) is 19.2 Å². The Balaban J connectivity index is 1.72. The SMILES string of the molecule is COCCc1cccc(OCC(O)CNC(C)(C)COc2ccc(NN)nn2)c1. The third-order valence-corrected chi connectivity index (χ3v) is 4.12. The molecule has 2 rings (SSSR count). The van der Waals surface area contributed by atoms with Gasteiger partial charge in [-0.05, 0) is 44.0 Å². The van der Waals surface area contributed by atoms with Gasteiger partial charge in [0.05, 0.1) is 6.61 Å². The summed E-state index contributed by atoms with van der Waals surface area (Å²) < 4.78 is 16.4. The highest BCUT2D eigenvalue weighted by Crippen LogP contribution is 2.14. The van der Waals surface area contributed by atoms with Gasteiger partial charge in [0.15, 0.2) is 5.82 Å². The molecule has 0 radical (unpaired) electrons. The van der Waals surface area contributed by atoms with Crippen molar-refractivity contribution in [3.63, 3.8) is 0 Å². The molecule has 1 atom stereocenters. The predicted octanol–water partition coefficient (Wildman–Crippen LogP) is 1.14. The standard InChI is InChI=1S/C20H31N5O4/c1-20(2,14-29-19-8-7-18(23-21)24-25-19)22-12-16(26)13-28-17-6-4-5-15(11-17)9-10-27-3/h4-8,11,16,22,26H,9-10,12-14,21H2,1-3H3,(H,23,24). The Morgan fingerprint density at radius 2 is 2.00 bits per heavy atom. The van der Waals surface area contributed by atoms with Crippen molar-refractivity contribution >= 4 is 5.82 Å². The average Bonchev–Trinajstić information content (AvgIpc) is 2.74. The van der Waals surface area contributed by atoms with Crippen molar-refractivity contribution in [2.45, 2.75) is 31.9 Å². The minimum Gasteiger partial charge on any atom is -0.491 e. The molecule has 0 amide bonds. The van der Waals surface area contributed by atoms with E-state index in [1.165, 1.54) is 0 Å². The van der Waals surface area contributed by atoms with Crippen LogP contribution in [0.15, 0.2) is 36.4 Å². The molecule has 0 saturated carbocycles. The number of nitrogens with zero attached hydrogens (tertiary/aromatic N) is 2. The minimum atomic E-state index is -0.661. The first-order valence-corrected chi connectivity index (χ1v) is 9.49. The Bertz CT molecular complexity index is 727. The second-order valence-electron chi connectivity index (χ2n) is 7.31. The fourth-order valence-electron chi connectivity index (χ4n) is 2.44. The zero-order valence-corrected chi connectivity index (χ0v) is 17.2. The number of aliphatic hydroxyl groups excluding tert-OH is 1. The molecule has 1 heterocycles. The number of benzene rings is 1. The highest BCUT2D eigenvalue weighted by atomic mass is 16.5. The number of rotatable bonds is 13. The molecule has 0 saturated heterocycles. The maximum atomic E-state index is 10.2. The zero-order chi connectivity index (χ0) is 21.1. The lowest BCUT2D eigenvalue weighted by Crippen LogP contribution is -2.48. The highest BCUT2D eigenvalue weighted by Gasteiger charge is 2.20. The van der Waals surface area contributed by atoms with Crippen molar-refractivity contribution in [1.82, 2.24) is 15.5 Å². The molecule has 0 bridgehead atoms. The van der Waals surface area contributed by atoms with Crippen LogP contribution in [-0.2, 0) is 11.2 Å². The van der Waals surface area contributed by atoms with Gasteiger partial charge in [0, 0.05) is 25.3 Å². The lowest BCUT2D eigenvalue weighted by molar-refractivity contribution is 0.0922. The first-order valence-electron chi connectivity index (χ1n) is 9.49. The summed E-state index contributed by atoms with van der Waals surface area (Å²) in [6.07, 6.45) is 0.161. The predicted molar refractivity (Wildman–Crippen MR) is 111 cm³/mol. The second kappa shape index (κ2) is 11.5. The molecular formula is C20H31N5O4. The van der Waals surface area contributed by atoms with Crippen molar-refractivity contribution in [2.75, 3.05) is 38.9 Å². The van der Waals surface area contributed by atoms with Crippen molar-refractivity contribution in [3.05, 3.63) is 42.0 Å². The van der Waals surface area contributed by atoms with Gasteiger partial charge in [0.25, 0.3) is 0 Å². The number of aliphatic hydroxyl groups is 1. The number of ether oxygens (including phenoxy) is 3. The van der Waals surface area contributed by atoms with Crippen molar-refractivity contribution in [3.8, 4) is 11.6 Å². The molecule has 1 unspecified atom stereocenters. The van der Waals surface area contributed by atoms with Crippen molar-refractivity contribution in [2.24, 2.45) is 5.84 Å². The Hall–Kier alpha value is -2.46. The summed E-state index contributed by atoms with van der Waals surface area (Å²) in [6.45, 7) is 5.52. The second-order valence-corrected chi connectivity index (χ2v) is 7.31. The lowest BCUT2D eigenvalue weighted by Gasteiger charge is -2.27. The van der Waals surface area contributed by atoms with Crippen LogP contribution in [0.2, 0.25) is 0 Å². The summed E-state index contributed by atoms with van der Waals surface area (Å²) in [7, 11) is 1.68. The molecule has 1 aromatic carbocycles. The first kappa shape index (κ1) is 22.8. The molecule has 1 aromatic heterocycles. The number of nitrogens with two attached hydrogens (primary N) is 1. The maximum absolute atomic E-state index is 10.2. The Kier molecular flexibility index (Phi) is 9.07. The molecule has 5 N–H and O–H groups in total. The quantitative estimate of drug-likeness (QED) is 0.287. The number of nitrogen functional groups attached to an aromatic ring is 1. The smallest absolute Gasteiger partial charge is 0.233 e. The third kappa shape index (κ3) is 8.61. The zero-order valence-electron chi connectivity index (χ0n) is 17.2. The summed E-state index contributed by atoms with van der Waals surface area (Å²) >= 11 is 0. The van der Waals surface area contributed by atoms with Gasteiger partial charge in [-0.25, -0.2) is 5.84 Å².